The zero-order valence-electron chi connectivity index (χ0n) is 13.0. The summed E-state index contributed by atoms with van der Waals surface area (Å²) in [6.07, 6.45) is -4.02. The highest BCUT2D eigenvalue weighted by atomic mass is 79.9. The zero-order chi connectivity index (χ0) is 18.0. The lowest BCUT2D eigenvalue weighted by molar-refractivity contribution is -0.274. The van der Waals surface area contributed by atoms with Gasteiger partial charge in [0.25, 0.3) is 0 Å². The normalized spacial score (nSPS) is 19.4. The Morgan fingerprint density at radius 2 is 1.84 bits per heavy atom. The largest absolute Gasteiger partial charge is 0.573 e. The quantitative estimate of drug-likeness (QED) is 0.766. The van der Waals surface area contributed by atoms with Crippen LogP contribution in [0.3, 0.4) is 0 Å². The molecule has 1 aliphatic carbocycles. The van der Waals surface area contributed by atoms with Crippen molar-refractivity contribution in [3.63, 3.8) is 0 Å². The SMILES string of the molecule is O=C(NCc1ccccc1OC(F)(F)F)C1CC1c1ccc(Br)cc1. The van der Waals surface area contributed by atoms with Crippen LogP contribution in [-0.4, -0.2) is 12.3 Å². The smallest absolute Gasteiger partial charge is 0.405 e. The van der Waals surface area contributed by atoms with Crippen LogP contribution in [0.15, 0.2) is 53.0 Å². The summed E-state index contributed by atoms with van der Waals surface area (Å²) in [5.74, 6) is -0.433. The fourth-order valence-electron chi connectivity index (χ4n) is 2.75. The molecule has 132 valence electrons. The molecule has 1 aliphatic rings. The van der Waals surface area contributed by atoms with Gasteiger partial charge < -0.3 is 10.1 Å². The number of rotatable bonds is 5. The van der Waals surface area contributed by atoms with Gasteiger partial charge in [0.2, 0.25) is 5.91 Å². The van der Waals surface area contributed by atoms with Gasteiger partial charge in [-0.15, -0.1) is 13.2 Å². The summed E-state index contributed by atoms with van der Waals surface area (Å²) in [6.45, 7) is -0.00531. The van der Waals surface area contributed by atoms with Crippen LogP contribution in [0.25, 0.3) is 0 Å². The number of hydrogen-bond acceptors (Lipinski definition) is 2. The maximum atomic E-state index is 12.4. The molecule has 1 amide bonds. The third kappa shape index (κ3) is 4.75. The molecule has 0 saturated heterocycles. The second-order valence-corrected chi connectivity index (χ2v) is 6.79. The Morgan fingerprint density at radius 3 is 2.52 bits per heavy atom. The first-order valence-electron chi connectivity index (χ1n) is 7.70. The molecule has 2 aromatic rings. The van der Waals surface area contributed by atoms with Gasteiger partial charge in [0.1, 0.15) is 5.75 Å². The molecule has 2 atom stereocenters. The number of halogens is 4. The van der Waals surface area contributed by atoms with Crippen molar-refractivity contribution in [3.8, 4) is 5.75 Å². The van der Waals surface area contributed by atoms with E-state index in [4.69, 9.17) is 0 Å². The summed E-state index contributed by atoms with van der Waals surface area (Å²) in [6, 6.07) is 13.6. The molecule has 25 heavy (non-hydrogen) atoms. The molecule has 2 aromatic carbocycles. The fourth-order valence-corrected chi connectivity index (χ4v) is 3.02. The van der Waals surface area contributed by atoms with Crippen molar-refractivity contribution in [2.75, 3.05) is 0 Å². The maximum Gasteiger partial charge on any atom is 0.573 e. The highest BCUT2D eigenvalue weighted by molar-refractivity contribution is 9.10. The second-order valence-electron chi connectivity index (χ2n) is 5.87. The van der Waals surface area contributed by atoms with Crippen molar-refractivity contribution >= 4 is 21.8 Å². The minimum atomic E-state index is -4.76. The Morgan fingerprint density at radius 1 is 1.16 bits per heavy atom. The molecule has 3 nitrogen and oxygen atoms in total. The monoisotopic (exact) mass is 413 g/mol. The van der Waals surface area contributed by atoms with E-state index < -0.39 is 6.36 Å². The topological polar surface area (TPSA) is 38.3 Å². The van der Waals surface area contributed by atoms with E-state index in [1.807, 2.05) is 24.3 Å². The first kappa shape index (κ1) is 17.8. The van der Waals surface area contributed by atoms with Gasteiger partial charge in [-0.25, -0.2) is 0 Å². The van der Waals surface area contributed by atoms with Crippen molar-refractivity contribution in [2.24, 2.45) is 5.92 Å². The first-order chi connectivity index (χ1) is 11.8. The molecule has 0 spiro atoms. The predicted octanol–water partition coefficient (Wildman–Crippen LogP) is 4.77. The molecular formula is C18H15BrF3NO2. The van der Waals surface area contributed by atoms with Gasteiger partial charge >= 0.3 is 6.36 Å². The number of ether oxygens (including phenoxy) is 1. The highest BCUT2D eigenvalue weighted by Crippen LogP contribution is 2.47. The number of alkyl halides is 3. The first-order valence-corrected chi connectivity index (χ1v) is 8.49. The minimum Gasteiger partial charge on any atom is -0.405 e. The summed E-state index contributed by atoms with van der Waals surface area (Å²) >= 11 is 3.37. The molecule has 2 unspecified atom stereocenters. The summed E-state index contributed by atoms with van der Waals surface area (Å²) in [4.78, 5) is 12.2. The van der Waals surface area contributed by atoms with E-state index in [2.05, 4.69) is 26.0 Å². The molecule has 0 heterocycles. The van der Waals surface area contributed by atoms with E-state index >= 15 is 0 Å². The molecular weight excluding hydrogens is 399 g/mol. The molecule has 3 rings (SSSR count). The average Bonchev–Trinajstić information content (AvgIpc) is 3.34. The van der Waals surface area contributed by atoms with E-state index in [0.29, 0.717) is 0 Å². The lowest BCUT2D eigenvalue weighted by Crippen LogP contribution is -2.26. The van der Waals surface area contributed by atoms with Crippen LogP contribution in [0.5, 0.6) is 5.75 Å². The van der Waals surface area contributed by atoms with Crippen molar-refractivity contribution in [1.29, 1.82) is 0 Å². The van der Waals surface area contributed by atoms with Gasteiger partial charge in [-0.1, -0.05) is 46.3 Å². The van der Waals surface area contributed by atoms with Crippen LogP contribution >= 0.6 is 15.9 Å². The van der Waals surface area contributed by atoms with Crippen LogP contribution in [0, 0.1) is 5.92 Å². The van der Waals surface area contributed by atoms with E-state index in [-0.39, 0.29) is 35.6 Å². The third-order valence-corrected chi connectivity index (χ3v) is 4.61. The van der Waals surface area contributed by atoms with E-state index in [9.17, 15) is 18.0 Å². The lowest BCUT2D eigenvalue weighted by Gasteiger charge is -2.13. The Kier molecular flexibility index (Phi) is 5.03. The number of amides is 1. The van der Waals surface area contributed by atoms with Crippen LogP contribution < -0.4 is 10.1 Å². The van der Waals surface area contributed by atoms with Crippen LogP contribution in [0.4, 0.5) is 13.2 Å². The lowest BCUT2D eigenvalue weighted by atomic mass is 10.1. The number of hydrogen-bond donors (Lipinski definition) is 1. The summed E-state index contributed by atoms with van der Waals surface area (Å²) in [7, 11) is 0. The maximum absolute atomic E-state index is 12.4. The van der Waals surface area contributed by atoms with Crippen molar-refractivity contribution in [1.82, 2.24) is 5.32 Å². The van der Waals surface area contributed by atoms with Gasteiger partial charge in [0, 0.05) is 22.5 Å². The van der Waals surface area contributed by atoms with E-state index in [1.54, 1.807) is 6.07 Å². The minimum absolute atomic E-state index is 0.00531. The van der Waals surface area contributed by atoms with E-state index in [0.717, 1.165) is 16.5 Å². The molecule has 0 bridgehead atoms. The molecule has 1 fully saturated rings. The molecule has 1 saturated carbocycles. The number of benzene rings is 2. The molecule has 0 aromatic heterocycles. The molecule has 7 heteroatoms. The molecule has 0 aliphatic heterocycles. The molecule has 1 N–H and O–H groups in total. The van der Waals surface area contributed by atoms with Crippen LogP contribution in [-0.2, 0) is 11.3 Å². The van der Waals surface area contributed by atoms with Gasteiger partial charge in [0.15, 0.2) is 0 Å². The van der Waals surface area contributed by atoms with Gasteiger partial charge in [0.05, 0.1) is 0 Å². The summed E-state index contributed by atoms with van der Waals surface area (Å²) in [5.41, 5.74) is 1.37. The summed E-state index contributed by atoms with van der Waals surface area (Å²) in [5, 5.41) is 2.70. The average molecular weight is 414 g/mol. The predicted molar refractivity (Wildman–Crippen MR) is 90.0 cm³/mol. The number of carbonyl (C=O) groups excluding carboxylic acids is 1. The Hall–Kier alpha value is -2.02. The fraction of sp³-hybridized carbons (Fsp3) is 0.278. The van der Waals surface area contributed by atoms with Gasteiger partial charge in [-0.05, 0) is 36.1 Å². The number of carbonyl (C=O) groups is 1. The number of para-hydroxylation sites is 1. The van der Waals surface area contributed by atoms with Crippen molar-refractivity contribution in [3.05, 3.63) is 64.1 Å². The Balaban J connectivity index is 1.58. The number of nitrogens with one attached hydrogen (secondary N) is 1. The zero-order valence-corrected chi connectivity index (χ0v) is 14.6. The summed E-state index contributed by atoms with van der Waals surface area (Å²) < 4.78 is 42.2. The Labute approximate surface area is 151 Å². The van der Waals surface area contributed by atoms with Crippen molar-refractivity contribution in [2.45, 2.75) is 25.2 Å². The van der Waals surface area contributed by atoms with Crippen LogP contribution in [0.1, 0.15) is 23.5 Å². The van der Waals surface area contributed by atoms with E-state index in [1.165, 1.54) is 18.2 Å². The molecule has 0 radical (unpaired) electrons. The van der Waals surface area contributed by atoms with Crippen LogP contribution in [0.2, 0.25) is 0 Å². The third-order valence-electron chi connectivity index (χ3n) is 4.08. The van der Waals surface area contributed by atoms with Gasteiger partial charge in [-0.3, -0.25) is 4.79 Å². The Bertz CT molecular complexity index is 762. The highest BCUT2D eigenvalue weighted by Gasteiger charge is 2.43. The second kappa shape index (κ2) is 7.07. The van der Waals surface area contributed by atoms with Gasteiger partial charge in [-0.2, -0.15) is 0 Å². The van der Waals surface area contributed by atoms with Crippen molar-refractivity contribution < 1.29 is 22.7 Å². The standard InChI is InChI=1S/C18H15BrF3NO2/c19-13-7-5-11(6-8-13)14-9-15(14)17(24)23-10-12-3-1-2-4-16(12)25-18(20,21)22/h1-8,14-15H,9-10H2,(H,23,24).